The average Bonchev–Trinajstić information content (AvgIpc) is 1.63. The first-order valence-corrected chi connectivity index (χ1v) is 8.82. The van der Waals surface area contributed by atoms with Crippen molar-refractivity contribution in [2.75, 3.05) is 0 Å². The van der Waals surface area contributed by atoms with Gasteiger partial charge in [-0.15, -0.1) is 12.0 Å². The fourth-order valence-electron chi connectivity index (χ4n) is 0.623. The first-order valence-electron chi connectivity index (χ1n) is 3.13. The zero-order valence-corrected chi connectivity index (χ0v) is 8.72. The van der Waals surface area contributed by atoms with Crippen molar-refractivity contribution in [1.29, 1.82) is 0 Å². The SMILES string of the molecule is C#C[Si](C)(C)O[SiH](C)C. The van der Waals surface area contributed by atoms with Gasteiger partial charge in [0.25, 0.3) is 8.32 Å². The molecule has 0 saturated heterocycles. The van der Waals surface area contributed by atoms with E-state index in [2.05, 4.69) is 31.7 Å². The summed E-state index contributed by atoms with van der Waals surface area (Å²) in [6.45, 7) is 8.40. The maximum atomic E-state index is 5.63. The zero-order valence-electron chi connectivity index (χ0n) is 6.56. The Bertz CT molecular complexity index is 124. The Morgan fingerprint density at radius 3 is 2.00 bits per heavy atom. The molecular formula is C6H14OSi2. The van der Waals surface area contributed by atoms with Crippen LogP contribution in [0.5, 0.6) is 0 Å². The van der Waals surface area contributed by atoms with Crippen molar-refractivity contribution < 1.29 is 4.12 Å². The number of rotatable bonds is 2. The molecule has 52 valence electrons. The largest absolute Gasteiger partial charge is 0.450 e. The highest BCUT2D eigenvalue weighted by atomic mass is 28.4. The molecule has 0 aliphatic carbocycles. The first kappa shape index (κ1) is 8.95. The van der Waals surface area contributed by atoms with Crippen LogP contribution in [0.2, 0.25) is 26.2 Å². The summed E-state index contributed by atoms with van der Waals surface area (Å²) in [6, 6.07) is 0. The van der Waals surface area contributed by atoms with Gasteiger partial charge in [0, 0.05) is 0 Å². The molecule has 0 aliphatic heterocycles. The van der Waals surface area contributed by atoms with Gasteiger partial charge in [-0.05, 0) is 26.2 Å². The van der Waals surface area contributed by atoms with Gasteiger partial charge in [-0.2, -0.15) is 0 Å². The second kappa shape index (κ2) is 3.21. The normalized spacial score (nSPS) is 11.6. The Balaban J connectivity index is 3.76. The Morgan fingerprint density at radius 2 is 1.89 bits per heavy atom. The fraction of sp³-hybridized carbons (Fsp3) is 0.667. The van der Waals surface area contributed by atoms with Gasteiger partial charge >= 0.3 is 0 Å². The predicted octanol–water partition coefficient (Wildman–Crippen LogP) is 1.36. The van der Waals surface area contributed by atoms with E-state index in [0.717, 1.165) is 0 Å². The molecule has 0 unspecified atom stereocenters. The standard InChI is InChI=1S/C6H14OSi2/c1-6-9(4,5)7-8(2)3/h1,8H,2-5H3. The van der Waals surface area contributed by atoms with Crippen molar-refractivity contribution in [1.82, 2.24) is 0 Å². The van der Waals surface area contributed by atoms with E-state index in [1.54, 1.807) is 0 Å². The van der Waals surface area contributed by atoms with E-state index in [1.807, 2.05) is 0 Å². The van der Waals surface area contributed by atoms with Gasteiger partial charge in [0.1, 0.15) is 0 Å². The highest BCUT2D eigenvalue weighted by Gasteiger charge is 2.19. The minimum Gasteiger partial charge on any atom is -0.450 e. The van der Waals surface area contributed by atoms with Gasteiger partial charge in [-0.1, -0.05) is 0 Å². The molecule has 0 N–H and O–H groups in total. The lowest BCUT2D eigenvalue weighted by atomic mass is 11.4. The summed E-state index contributed by atoms with van der Waals surface area (Å²) >= 11 is 0. The zero-order chi connectivity index (χ0) is 7.49. The Morgan fingerprint density at radius 1 is 1.44 bits per heavy atom. The summed E-state index contributed by atoms with van der Waals surface area (Å²) < 4.78 is 5.63. The monoisotopic (exact) mass is 158 g/mol. The molecule has 0 amide bonds. The molecule has 0 fully saturated rings. The van der Waals surface area contributed by atoms with Crippen LogP contribution < -0.4 is 0 Å². The Kier molecular flexibility index (Phi) is 3.19. The smallest absolute Gasteiger partial charge is 0.255 e. The van der Waals surface area contributed by atoms with Crippen LogP contribution in [-0.2, 0) is 4.12 Å². The summed E-state index contributed by atoms with van der Waals surface area (Å²) in [7, 11) is -2.54. The van der Waals surface area contributed by atoms with Gasteiger partial charge in [-0.3, -0.25) is 0 Å². The molecule has 0 rings (SSSR count). The molecule has 9 heavy (non-hydrogen) atoms. The Hall–Kier alpha value is -0.0462. The second-order valence-electron chi connectivity index (χ2n) is 2.82. The van der Waals surface area contributed by atoms with Crippen LogP contribution in [0.3, 0.4) is 0 Å². The third-order valence-electron chi connectivity index (χ3n) is 0.878. The highest BCUT2D eigenvalue weighted by molar-refractivity contribution is 6.84. The molecule has 0 radical (unpaired) electrons. The lowest BCUT2D eigenvalue weighted by Gasteiger charge is -2.18. The summed E-state index contributed by atoms with van der Waals surface area (Å²) in [5.74, 6) is 0. The molecule has 0 atom stereocenters. The summed E-state index contributed by atoms with van der Waals surface area (Å²) in [5, 5.41) is 0. The quantitative estimate of drug-likeness (QED) is 0.435. The topological polar surface area (TPSA) is 9.23 Å². The highest BCUT2D eigenvalue weighted by Crippen LogP contribution is 2.03. The third kappa shape index (κ3) is 4.46. The van der Waals surface area contributed by atoms with Gasteiger partial charge in [0.2, 0.25) is 0 Å². The van der Waals surface area contributed by atoms with Crippen molar-refractivity contribution in [3.8, 4) is 12.0 Å². The molecule has 3 heteroatoms. The van der Waals surface area contributed by atoms with Crippen LogP contribution in [0.4, 0.5) is 0 Å². The van der Waals surface area contributed by atoms with E-state index in [1.165, 1.54) is 0 Å². The maximum absolute atomic E-state index is 5.63. The molecule has 0 aromatic carbocycles. The molecule has 0 spiro atoms. The van der Waals surface area contributed by atoms with Crippen LogP contribution in [0.1, 0.15) is 0 Å². The molecule has 0 aromatic heterocycles. The van der Waals surface area contributed by atoms with Gasteiger partial charge < -0.3 is 4.12 Å². The molecule has 1 nitrogen and oxygen atoms in total. The average molecular weight is 158 g/mol. The van der Waals surface area contributed by atoms with E-state index in [0.29, 0.717) is 0 Å². The van der Waals surface area contributed by atoms with Crippen LogP contribution in [0, 0.1) is 12.0 Å². The van der Waals surface area contributed by atoms with Crippen LogP contribution >= 0.6 is 0 Å². The summed E-state index contributed by atoms with van der Waals surface area (Å²) in [5.41, 5.74) is 2.72. The molecule has 0 heterocycles. The van der Waals surface area contributed by atoms with Crippen LogP contribution in [0.25, 0.3) is 0 Å². The van der Waals surface area contributed by atoms with E-state index in [4.69, 9.17) is 10.5 Å². The van der Waals surface area contributed by atoms with Crippen molar-refractivity contribution >= 4 is 17.4 Å². The Labute approximate surface area is 60.3 Å². The maximum Gasteiger partial charge on any atom is 0.255 e. The summed E-state index contributed by atoms with van der Waals surface area (Å²) in [6.07, 6.45) is 5.26. The van der Waals surface area contributed by atoms with Crippen molar-refractivity contribution in [2.45, 2.75) is 26.2 Å². The van der Waals surface area contributed by atoms with Crippen molar-refractivity contribution in [3.63, 3.8) is 0 Å². The van der Waals surface area contributed by atoms with E-state index in [-0.39, 0.29) is 0 Å². The molecule has 0 saturated carbocycles. The third-order valence-corrected chi connectivity index (χ3v) is 5.82. The van der Waals surface area contributed by atoms with E-state index >= 15 is 0 Å². The lowest BCUT2D eigenvalue weighted by molar-refractivity contribution is 0.592. The van der Waals surface area contributed by atoms with Crippen molar-refractivity contribution in [3.05, 3.63) is 0 Å². The first-order chi connectivity index (χ1) is 3.98. The lowest BCUT2D eigenvalue weighted by Crippen LogP contribution is -2.33. The number of hydrogen-bond acceptors (Lipinski definition) is 1. The molecule has 0 bridgehead atoms. The molecular weight excluding hydrogens is 144 g/mol. The number of hydrogen-bond donors (Lipinski definition) is 0. The summed E-state index contributed by atoms with van der Waals surface area (Å²) in [4.78, 5) is 0. The van der Waals surface area contributed by atoms with Gasteiger partial charge in [-0.25, -0.2) is 0 Å². The molecule has 0 aliphatic rings. The van der Waals surface area contributed by atoms with Gasteiger partial charge in [0.15, 0.2) is 9.04 Å². The van der Waals surface area contributed by atoms with Crippen molar-refractivity contribution in [2.24, 2.45) is 0 Å². The molecule has 0 aromatic rings. The van der Waals surface area contributed by atoms with Crippen LogP contribution in [0.15, 0.2) is 0 Å². The second-order valence-corrected chi connectivity index (χ2v) is 9.17. The minimum atomic E-state index is -1.65. The minimum absolute atomic E-state index is 0.894. The predicted molar refractivity (Wildman–Crippen MR) is 46.3 cm³/mol. The van der Waals surface area contributed by atoms with Crippen LogP contribution in [-0.4, -0.2) is 17.4 Å². The van der Waals surface area contributed by atoms with E-state index in [9.17, 15) is 0 Å². The van der Waals surface area contributed by atoms with Gasteiger partial charge in [0.05, 0.1) is 0 Å². The van der Waals surface area contributed by atoms with E-state index < -0.39 is 17.4 Å². The fourth-order valence-corrected chi connectivity index (χ4v) is 5.61. The number of terminal acetylenes is 1.